The van der Waals surface area contributed by atoms with Crippen LogP contribution in [0.25, 0.3) is 0 Å². The first kappa shape index (κ1) is 12.3. The zero-order valence-corrected chi connectivity index (χ0v) is 11.2. The molecule has 0 spiro atoms. The van der Waals surface area contributed by atoms with Gasteiger partial charge in [0.25, 0.3) is 0 Å². The minimum absolute atomic E-state index is 0.112. The van der Waals surface area contributed by atoms with Gasteiger partial charge in [-0.05, 0) is 26.3 Å². The number of aliphatic hydroxyl groups is 1. The second-order valence-corrected chi connectivity index (χ2v) is 5.60. The lowest BCUT2D eigenvalue weighted by atomic mass is 9.85. The number of hydrogen-bond acceptors (Lipinski definition) is 3. The third-order valence-electron chi connectivity index (χ3n) is 2.98. The van der Waals surface area contributed by atoms with Crippen LogP contribution in [-0.2, 0) is 5.41 Å². The number of aromatic nitrogens is 1. The van der Waals surface area contributed by atoms with E-state index in [1.807, 2.05) is 23.6 Å². The van der Waals surface area contributed by atoms with Crippen molar-refractivity contribution in [1.82, 2.24) is 4.98 Å². The summed E-state index contributed by atoms with van der Waals surface area (Å²) in [5.74, 6) is 0. The molecule has 1 N–H and O–H groups in total. The SMILES string of the molecule is CC(O)c1csc(C(C)(C)c2ccccc2)n1. The highest BCUT2D eigenvalue weighted by atomic mass is 32.1. The molecule has 2 nitrogen and oxygen atoms in total. The van der Waals surface area contributed by atoms with E-state index in [1.54, 1.807) is 18.3 Å². The molecule has 0 radical (unpaired) electrons. The first-order valence-corrected chi connectivity index (χ1v) is 6.59. The zero-order valence-electron chi connectivity index (χ0n) is 10.3. The number of thiazole rings is 1. The molecule has 0 saturated carbocycles. The summed E-state index contributed by atoms with van der Waals surface area (Å²) in [4.78, 5) is 4.53. The van der Waals surface area contributed by atoms with Crippen LogP contribution < -0.4 is 0 Å². The Labute approximate surface area is 106 Å². The molecule has 0 aliphatic carbocycles. The monoisotopic (exact) mass is 247 g/mol. The van der Waals surface area contributed by atoms with Crippen molar-refractivity contribution in [3.05, 3.63) is 52.0 Å². The molecular weight excluding hydrogens is 230 g/mol. The molecule has 1 atom stereocenters. The Kier molecular flexibility index (Phi) is 3.31. The molecule has 2 aromatic rings. The van der Waals surface area contributed by atoms with Crippen LogP contribution in [0.4, 0.5) is 0 Å². The third kappa shape index (κ3) is 2.40. The van der Waals surface area contributed by atoms with Crippen molar-refractivity contribution in [3.63, 3.8) is 0 Å². The lowest BCUT2D eigenvalue weighted by molar-refractivity contribution is 0.194. The number of rotatable bonds is 3. The van der Waals surface area contributed by atoms with Crippen LogP contribution in [0.3, 0.4) is 0 Å². The summed E-state index contributed by atoms with van der Waals surface area (Å²) in [7, 11) is 0. The minimum Gasteiger partial charge on any atom is -0.387 e. The summed E-state index contributed by atoms with van der Waals surface area (Å²) in [6, 6.07) is 10.3. The maximum Gasteiger partial charge on any atom is 0.103 e. The summed E-state index contributed by atoms with van der Waals surface area (Å²) in [6.07, 6.45) is -0.494. The average molecular weight is 247 g/mol. The van der Waals surface area contributed by atoms with Gasteiger partial charge < -0.3 is 5.11 Å². The molecule has 90 valence electrons. The molecule has 1 aromatic heterocycles. The molecule has 0 aliphatic rings. The number of benzene rings is 1. The van der Waals surface area contributed by atoms with Crippen molar-refractivity contribution < 1.29 is 5.11 Å². The molecule has 3 heteroatoms. The van der Waals surface area contributed by atoms with Crippen LogP contribution in [0.5, 0.6) is 0 Å². The number of nitrogens with zero attached hydrogens (tertiary/aromatic N) is 1. The largest absolute Gasteiger partial charge is 0.387 e. The Morgan fingerprint density at radius 2 is 1.88 bits per heavy atom. The molecule has 17 heavy (non-hydrogen) atoms. The second kappa shape index (κ2) is 4.59. The molecule has 0 bridgehead atoms. The van der Waals surface area contributed by atoms with Gasteiger partial charge in [0.2, 0.25) is 0 Å². The highest BCUT2D eigenvalue weighted by Crippen LogP contribution is 2.34. The van der Waals surface area contributed by atoms with Crippen molar-refractivity contribution in [2.45, 2.75) is 32.3 Å². The van der Waals surface area contributed by atoms with E-state index in [-0.39, 0.29) is 5.41 Å². The number of aliphatic hydroxyl groups excluding tert-OH is 1. The molecule has 0 amide bonds. The normalized spacial score (nSPS) is 13.6. The highest BCUT2D eigenvalue weighted by molar-refractivity contribution is 7.09. The topological polar surface area (TPSA) is 33.1 Å². The van der Waals surface area contributed by atoms with Gasteiger partial charge in [-0.25, -0.2) is 4.98 Å². The van der Waals surface area contributed by atoms with E-state index < -0.39 is 6.10 Å². The molecular formula is C14H17NOS. The Morgan fingerprint density at radius 3 is 2.41 bits per heavy atom. The van der Waals surface area contributed by atoms with Gasteiger partial charge in [-0.3, -0.25) is 0 Å². The number of hydrogen-bond donors (Lipinski definition) is 1. The molecule has 1 unspecified atom stereocenters. The second-order valence-electron chi connectivity index (χ2n) is 4.74. The van der Waals surface area contributed by atoms with Crippen molar-refractivity contribution in [2.24, 2.45) is 0 Å². The van der Waals surface area contributed by atoms with E-state index in [0.29, 0.717) is 0 Å². The fourth-order valence-electron chi connectivity index (χ4n) is 1.74. The quantitative estimate of drug-likeness (QED) is 0.900. The van der Waals surface area contributed by atoms with Crippen LogP contribution >= 0.6 is 11.3 Å². The van der Waals surface area contributed by atoms with E-state index >= 15 is 0 Å². The molecule has 0 saturated heterocycles. The molecule has 1 heterocycles. The summed E-state index contributed by atoms with van der Waals surface area (Å²) in [5, 5.41) is 12.5. The zero-order chi connectivity index (χ0) is 12.5. The molecule has 1 aromatic carbocycles. The Bertz CT molecular complexity index is 488. The molecule has 2 rings (SSSR count). The standard InChI is InChI=1S/C14H17NOS/c1-10(16)12-9-17-13(15-12)14(2,3)11-7-5-4-6-8-11/h4-10,16H,1-3H3. The van der Waals surface area contributed by atoms with Gasteiger partial charge in [0.15, 0.2) is 0 Å². The first-order chi connectivity index (χ1) is 8.01. The summed E-state index contributed by atoms with van der Waals surface area (Å²) in [5.41, 5.74) is 1.89. The third-order valence-corrected chi connectivity index (χ3v) is 4.16. The Hall–Kier alpha value is -1.19. The van der Waals surface area contributed by atoms with Crippen LogP contribution in [0.15, 0.2) is 35.7 Å². The summed E-state index contributed by atoms with van der Waals surface area (Å²) >= 11 is 1.61. The Morgan fingerprint density at radius 1 is 1.24 bits per heavy atom. The average Bonchev–Trinajstić information content (AvgIpc) is 2.80. The van der Waals surface area contributed by atoms with E-state index in [4.69, 9.17) is 0 Å². The summed E-state index contributed by atoms with van der Waals surface area (Å²) in [6.45, 7) is 6.06. The predicted octanol–water partition coefficient (Wildman–Crippen LogP) is 3.52. The van der Waals surface area contributed by atoms with E-state index in [9.17, 15) is 5.11 Å². The van der Waals surface area contributed by atoms with Gasteiger partial charge in [-0.15, -0.1) is 11.3 Å². The fourth-order valence-corrected chi connectivity index (χ4v) is 2.80. The fraction of sp³-hybridized carbons (Fsp3) is 0.357. The van der Waals surface area contributed by atoms with Gasteiger partial charge in [-0.2, -0.15) is 0 Å². The van der Waals surface area contributed by atoms with Gasteiger partial charge in [-0.1, -0.05) is 30.3 Å². The predicted molar refractivity (Wildman–Crippen MR) is 71.3 cm³/mol. The first-order valence-electron chi connectivity index (χ1n) is 5.71. The highest BCUT2D eigenvalue weighted by Gasteiger charge is 2.26. The van der Waals surface area contributed by atoms with Gasteiger partial charge in [0, 0.05) is 10.8 Å². The maximum atomic E-state index is 9.52. The van der Waals surface area contributed by atoms with Crippen molar-refractivity contribution in [1.29, 1.82) is 0 Å². The van der Waals surface area contributed by atoms with Crippen molar-refractivity contribution in [3.8, 4) is 0 Å². The van der Waals surface area contributed by atoms with Gasteiger partial charge in [0.1, 0.15) is 5.01 Å². The van der Waals surface area contributed by atoms with Crippen LogP contribution in [0.2, 0.25) is 0 Å². The van der Waals surface area contributed by atoms with Gasteiger partial charge >= 0.3 is 0 Å². The molecule has 0 fully saturated rings. The van der Waals surface area contributed by atoms with Crippen LogP contribution in [0, 0.1) is 0 Å². The lowest BCUT2D eigenvalue weighted by Gasteiger charge is -2.22. The van der Waals surface area contributed by atoms with E-state index in [2.05, 4.69) is 31.0 Å². The minimum atomic E-state index is -0.494. The van der Waals surface area contributed by atoms with Crippen LogP contribution in [-0.4, -0.2) is 10.1 Å². The lowest BCUT2D eigenvalue weighted by Crippen LogP contribution is -2.18. The summed E-state index contributed by atoms with van der Waals surface area (Å²) < 4.78 is 0. The maximum absolute atomic E-state index is 9.52. The smallest absolute Gasteiger partial charge is 0.103 e. The molecule has 0 aliphatic heterocycles. The van der Waals surface area contributed by atoms with E-state index in [1.165, 1.54) is 5.56 Å². The van der Waals surface area contributed by atoms with E-state index in [0.717, 1.165) is 10.7 Å². The van der Waals surface area contributed by atoms with Crippen molar-refractivity contribution >= 4 is 11.3 Å². The van der Waals surface area contributed by atoms with Gasteiger partial charge in [0.05, 0.1) is 11.8 Å². The van der Waals surface area contributed by atoms with Crippen molar-refractivity contribution in [2.75, 3.05) is 0 Å². The Balaban J connectivity index is 2.37. The van der Waals surface area contributed by atoms with Crippen LogP contribution in [0.1, 0.15) is 43.1 Å².